The molecule has 0 aromatic heterocycles. The van der Waals surface area contributed by atoms with Gasteiger partial charge in [0, 0.05) is 6.07 Å². The van der Waals surface area contributed by atoms with Gasteiger partial charge in [-0.1, -0.05) is 6.07 Å². The second kappa shape index (κ2) is 4.55. The summed E-state index contributed by atoms with van der Waals surface area (Å²) in [6, 6.07) is 5.26. The lowest BCUT2D eigenvalue weighted by Gasteiger charge is -2.11. The molecule has 0 fully saturated rings. The molecule has 1 aliphatic heterocycles. The maximum Gasteiger partial charge on any atom is 0.340 e. The number of anilines is 1. The van der Waals surface area contributed by atoms with Crippen LogP contribution in [-0.4, -0.2) is 27.1 Å². The van der Waals surface area contributed by atoms with Crippen LogP contribution in [0.15, 0.2) is 33.5 Å². The molecule has 1 aromatic carbocycles. The van der Waals surface area contributed by atoms with Gasteiger partial charge in [-0.25, -0.2) is 14.6 Å². The number of rotatable bonds is 2. The molecule has 0 unspecified atom stereocenters. The van der Waals surface area contributed by atoms with Gasteiger partial charge in [0.25, 0.3) is 0 Å². The van der Waals surface area contributed by atoms with Gasteiger partial charge in [0.05, 0.1) is 11.3 Å². The number of nitrogens with two attached hydrogens (primary N) is 1. The minimum atomic E-state index is -1.45. The molecule has 4 N–H and O–H groups in total. The van der Waals surface area contributed by atoms with Crippen molar-refractivity contribution < 1.29 is 24.2 Å². The van der Waals surface area contributed by atoms with Crippen LogP contribution >= 0.6 is 0 Å². The Bertz CT molecular complexity index is 975. The van der Waals surface area contributed by atoms with Gasteiger partial charge in [0.15, 0.2) is 11.3 Å². The van der Waals surface area contributed by atoms with Crippen LogP contribution in [0, 0.1) is 0 Å². The Morgan fingerprint density at radius 2 is 1.91 bits per heavy atom. The van der Waals surface area contributed by atoms with Gasteiger partial charge in [-0.05, 0) is 12.1 Å². The Labute approximate surface area is 121 Å². The van der Waals surface area contributed by atoms with Gasteiger partial charge in [-0.2, -0.15) is 0 Å². The summed E-state index contributed by atoms with van der Waals surface area (Å²) < 4.78 is 5.42. The van der Waals surface area contributed by atoms with Crippen LogP contribution in [0.4, 0.5) is 5.69 Å². The molecular weight excluding hydrogens is 304 g/mol. The molecular formula is C14H8N2O6. The molecule has 0 saturated heterocycles. The fourth-order valence-corrected chi connectivity index (χ4v) is 2.17. The van der Waals surface area contributed by atoms with Gasteiger partial charge < -0.3 is 20.4 Å². The van der Waals surface area contributed by atoms with E-state index in [9.17, 15) is 19.5 Å². The van der Waals surface area contributed by atoms with Crippen molar-refractivity contribution in [2.75, 3.05) is 5.73 Å². The molecule has 0 amide bonds. The SMILES string of the molecule is N[13c]1[13c](C(=O)O)[13c]2n[13c]3[13c](C(=O)O)[13cH][13cH][13cH][13c]3o[13c]-2[13cH][13c]1=O. The van der Waals surface area contributed by atoms with E-state index in [0.29, 0.717) is 0 Å². The van der Waals surface area contributed by atoms with E-state index in [1.807, 2.05) is 0 Å². The number of hydrogen-bond donors (Lipinski definition) is 3. The largest absolute Gasteiger partial charge is 0.478 e. The number of carboxylic acids is 2. The molecule has 8 nitrogen and oxygen atoms in total. The highest BCUT2D eigenvalue weighted by Crippen LogP contribution is 2.30. The van der Waals surface area contributed by atoms with Crippen molar-refractivity contribution in [3.05, 3.63) is 45.6 Å². The first-order valence-corrected chi connectivity index (χ1v) is 6.03. The average molecular weight is 312 g/mol. The zero-order valence-corrected chi connectivity index (χ0v) is 10.9. The molecule has 0 spiro atoms. The lowest BCUT2D eigenvalue weighted by atomic mass is 10.8. The summed E-state index contributed by atoms with van der Waals surface area (Å²) in [6.45, 7) is 0. The van der Waals surface area contributed by atoms with Crippen molar-refractivity contribution in [2.24, 2.45) is 0 Å². The maximum absolute atomic E-state index is 11.7. The van der Waals surface area contributed by atoms with Crippen molar-refractivity contribution in [1.82, 2.24) is 4.98 Å². The molecule has 2 aliphatic rings. The van der Waals surface area contributed by atoms with E-state index in [2.05, 4.69) is 4.98 Å². The van der Waals surface area contributed by atoms with Crippen molar-refractivity contribution in [2.45, 2.75) is 0 Å². The number of para-hydroxylation sites is 1. The first-order valence-electron chi connectivity index (χ1n) is 6.03. The summed E-state index contributed by atoms with van der Waals surface area (Å²) in [5.74, 6) is -2.76. The van der Waals surface area contributed by atoms with E-state index in [4.69, 9.17) is 15.3 Å². The minimum absolute atomic E-state index is 0.0250. The third-order valence-electron chi connectivity index (χ3n) is 3.15. The fourth-order valence-electron chi connectivity index (χ4n) is 2.17. The highest BCUT2D eigenvalue weighted by Gasteiger charge is 2.25. The molecule has 0 atom stereocenters. The molecule has 1 aromatic rings. The number of hydrogen-bond acceptors (Lipinski definition) is 6. The number of carboxylic acid groups (broad SMARTS) is 2. The fraction of sp³-hybridized carbons (Fsp3) is 0. The normalized spacial score (nSPS) is 10.9. The zero-order valence-electron chi connectivity index (χ0n) is 10.9. The van der Waals surface area contributed by atoms with Crippen LogP contribution < -0.4 is 11.2 Å². The number of aromatic nitrogens is 1. The number of carbonyl (C=O) groups is 2. The second-order valence-corrected chi connectivity index (χ2v) is 4.49. The van der Waals surface area contributed by atoms with Crippen molar-refractivity contribution in [1.29, 1.82) is 0 Å². The average Bonchev–Trinajstić information content (AvgIpc) is 2.45. The number of benzene rings is 2. The van der Waals surface area contributed by atoms with Gasteiger partial charge in [0.2, 0.25) is 5.43 Å². The summed E-state index contributed by atoms with van der Waals surface area (Å²) in [6.07, 6.45) is 0. The van der Waals surface area contributed by atoms with E-state index in [-0.39, 0.29) is 28.1 Å². The van der Waals surface area contributed by atoms with Gasteiger partial charge in [0.1, 0.15) is 16.8 Å². The predicted molar refractivity (Wildman–Crippen MR) is 75.2 cm³/mol. The summed E-state index contributed by atoms with van der Waals surface area (Å²) in [5, 5.41) is 18.4. The predicted octanol–water partition coefficient (Wildman–Crippen LogP) is 1.27. The van der Waals surface area contributed by atoms with Crippen LogP contribution in [0.3, 0.4) is 0 Å². The number of nitrogen functional groups attached to an aromatic ring is 1. The Kier molecular flexibility index (Phi) is 2.81. The lowest BCUT2D eigenvalue weighted by molar-refractivity contribution is 0.0688. The van der Waals surface area contributed by atoms with Crippen LogP contribution in [0.2, 0.25) is 0 Å². The van der Waals surface area contributed by atoms with E-state index in [1.54, 1.807) is 0 Å². The van der Waals surface area contributed by atoms with Crippen LogP contribution in [-0.2, 0) is 0 Å². The minimum Gasteiger partial charge on any atom is -0.478 e. The summed E-state index contributed by atoms with van der Waals surface area (Å²) >= 11 is 0. The quantitative estimate of drug-likeness (QED) is 0.474. The Morgan fingerprint density at radius 1 is 1.18 bits per heavy atom. The highest BCUT2D eigenvalue weighted by atomic mass is 16.5. The third-order valence-corrected chi connectivity index (χ3v) is 3.15. The van der Waals surface area contributed by atoms with Gasteiger partial charge in [-0.3, -0.25) is 4.79 Å². The number of aromatic carboxylic acids is 2. The molecule has 0 bridgehead atoms. The summed E-state index contributed by atoms with van der Waals surface area (Å²) in [4.78, 5) is 38.3. The molecule has 8 heteroatoms. The highest BCUT2D eigenvalue weighted by molar-refractivity contribution is 6.04. The number of fused-ring (bicyclic) bond motifs is 2. The third kappa shape index (κ3) is 1.85. The number of nitrogens with zero attached hydrogens (tertiary/aromatic N) is 1. The van der Waals surface area contributed by atoms with E-state index >= 15 is 0 Å². The molecule has 1 heterocycles. The van der Waals surface area contributed by atoms with Gasteiger partial charge >= 0.3 is 11.9 Å². The Hall–Kier alpha value is -3.42. The van der Waals surface area contributed by atoms with Crippen molar-refractivity contribution in [3.63, 3.8) is 0 Å². The molecule has 22 heavy (non-hydrogen) atoms. The second-order valence-electron chi connectivity index (χ2n) is 4.49. The summed E-state index contributed by atoms with van der Waals surface area (Å²) in [5.41, 5.74) is 3.58. The maximum atomic E-state index is 11.7. The van der Waals surface area contributed by atoms with Crippen LogP contribution in [0.25, 0.3) is 22.6 Å². The van der Waals surface area contributed by atoms with Crippen molar-refractivity contribution >= 4 is 28.7 Å². The Morgan fingerprint density at radius 3 is 2.55 bits per heavy atom. The molecule has 110 valence electrons. The molecule has 0 saturated carbocycles. The van der Waals surface area contributed by atoms with E-state index in [1.165, 1.54) is 18.2 Å². The first kappa shape index (κ1) is 13.6. The first-order chi connectivity index (χ1) is 10.4. The molecule has 3 rings (SSSR count). The smallest absolute Gasteiger partial charge is 0.340 e. The van der Waals surface area contributed by atoms with Gasteiger partial charge in [-0.15, -0.1) is 0 Å². The van der Waals surface area contributed by atoms with E-state index < -0.39 is 28.6 Å². The Balaban J connectivity index is 2.55. The van der Waals surface area contributed by atoms with Crippen LogP contribution in [0.5, 0.6) is 0 Å². The topological polar surface area (TPSA) is 144 Å². The lowest BCUT2D eigenvalue weighted by Crippen LogP contribution is -2.17. The van der Waals surface area contributed by atoms with E-state index in [0.717, 1.165) is 6.07 Å². The van der Waals surface area contributed by atoms with Crippen molar-refractivity contribution in [3.8, 4) is 11.5 Å². The monoisotopic (exact) mass is 312 g/mol. The zero-order chi connectivity index (χ0) is 16.0. The standard InChI is InChI=1S/C14H8N2O6/c15-10-6(17)4-8-12(9(10)14(20)21)16-11-5(13(18)19)2-1-3-7(11)22-8/h1-4H,15H2,(H,18,19)(H,20,21)/i1+1,2+1,3+1,4+1,5+1,6+1,7+1,8+1,9+1,10+1,11+1,12+1. The van der Waals surface area contributed by atoms with Crippen LogP contribution in [0.1, 0.15) is 20.7 Å². The summed E-state index contributed by atoms with van der Waals surface area (Å²) in [7, 11) is 0. The molecule has 1 aliphatic carbocycles. The molecule has 0 radical (unpaired) electrons.